The van der Waals surface area contributed by atoms with Crippen molar-refractivity contribution in [3.63, 3.8) is 0 Å². The van der Waals surface area contributed by atoms with Crippen LogP contribution in [0.1, 0.15) is 17.4 Å². The molecule has 0 atom stereocenters. The van der Waals surface area contributed by atoms with Gasteiger partial charge >= 0.3 is 0 Å². The van der Waals surface area contributed by atoms with E-state index in [1.807, 2.05) is 17.4 Å². The first-order chi connectivity index (χ1) is 26.2. The third kappa shape index (κ3) is 5.92. The highest BCUT2D eigenvalue weighted by molar-refractivity contribution is 7.26. The van der Waals surface area contributed by atoms with Crippen molar-refractivity contribution in [3.8, 4) is 11.1 Å². The molecular formula is C49H36N2S2. The Morgan fingerprint density at radius 1 is 0.453 bits per heavy atom. The molecule has 0 saturated heterocycles. The number of para-hydroxylation sites is 2. The van der Waals surface area contributed by atoms with Gasteiger partial charge in [0.15, 0.2) is 0 Å². The second-order valence-corrected chi connectivity index (χ2v) is 15.0. The van der Waals surface area contributed by atoms with E-state index in [0.717, 1.165) is 28.4 Å². The van der Waals surface area contributed by atoms with E-state index in [9.17, 15) is 0 Å². The van der Waals surface area contributed by atoms with Gasteiger partial charge in [-0.15, -0.1) is 22.7 Å². The summed E-state index contributed by atoms with van der Waals surface area (Å²) in [6.07, 6.45) is 6.27. The largest absolute Gasteiger partial charge is 0.309 e. The molecule has 4 heteroatoms. The Balaban J connectivity index is 1.09. The van der Waals surface area contributed by atoms with Gasteiger partial charge in [-0.05, 0) is 84.8 Å². The van der Waals surface area contributed by atoms with Gasteiger partial charge in [0.25, 0.3) is 0 Å². The van der Waals surface area contributed by atoms with Crippen molar-refractivity contribution in [1.82, 2.24) is 0 Å². The second-order valence-electron chi connectivity index (χ2n) is 12.9. The zero-order chi connectivity index (χ0) is 35.7. The molecule has 9 aromatic rings. The Morgan fingerprint density at radius 2 is 0.925 bits per heavy atom. The monoisotopic (exact) mass is 716 g/mol. The number of allylic oxidation sites excluding steroid dienone is 1. The van der Waals surface area contributed by atoms with E-state index in [1.54, 1.807) is 11.3 Å². The summed E-state index contributed by atoms with van der Waals surface area (Å²) in [6.45, 7) is 6.19. The summed E-state index contributed by atoms with van der Waals surface area (Å²) in [5.74, 6) is 0. The smallest absolute Gasteiger partial charge is 0.0640 e. The SMILES string of the molecule is C=Cc1sc2c(N(c3ccccc3)c3ccc(-c4ccc(N(c5ccccc5)c5cccc6c5sc5ccccc56)cc4)cc3)cccc2c1/C=C\C. The van der Waals surface area contributed by atoms with Crippen LogP contribution in [0.5, 0.6) is 0 Å². The van der Waals surface area contributed by atoms with Gasteiger partial charge in [-0.25, -0.2) is 0 Å². The molecule has 0 unspecified atom stereocenters. The van der Waals surface area contributed by atoms with Crippen LogP contribution in [0.2, 0.25) is 0 Å². The highest BCUT2D eigenvalue weighted by atomic mass is 32.1. The first-order valence-corrected chi connectivity index (χ1v) is 19.5. The Bertz CT molecular complexity index is 2740. The molecule has 0 fully saturated rings. The third-order valence-corrected chi connectivity index (χ3v) is 12.2. The van der Waals surface area contributed by atoms with Gasteiger partial charge in [0.1, 0.15) is 0 Å². The predicted octanol–water partition coefficient (Wildman–Crippen LogP) is 15.6. The standard InChI is InChI=1S/C49H36N2S2/c1-3-15-40-42-21-13-23-44(48(42)52-46(40)4-2)50(36-16-7-5-8-17-36)38-30-26-34(27-31-38)35-28-32-39(33-29-35)51(37-18-9-6-10-19-37)45-24-14-22-43-41-20-11-12-25-47(41)53-49(43)45/h3-33H,2H2,1H3/b15-3-. The molecule has 254 valence electrons. The lowest BCUT2D eigenvalue weighted by Crippen LogP contribution is -2.10. The van der Waals surface area contributed by atoms with Gasteiger partial charge < -0.3 is 9.80 Å². The number of fused-ring (bicyclic) bond motifs is 4. The number of nitrogens with zero attached hydrogens (tertiary/aromatic N) is 2. The van der Waals surface area contributed by atoms with Crippen LogP contribution >= 0.6 is 22.7 Å². The average Bonchev–Trinajstić information content (AvgIpc) is 3.79. The summed E-state index contributed by atoms with van der Waals surface area (Å²) < 4.78 is 3.84. The quantitative estimate of drug-likeness (QED) is 0.147. The lowest BCUT2D eigenvalue weighted by atomic mass is 10.0. The van der Waals surface area contributed by atoms with Crippen LogP contribution in [-0.4, -0.2) is 0 Å². The van der Waals surface area contributed by atoms with Gasteiger partial charge in [0.05, 0.1) is 20.8 Å². The van der Waals surface area contributed by atoms with Gasteiger partial charge in [-0.3, -0.25) is 0 Å². The number of anilines is 6. The first-order valence-electron chi connectivity index (χ1n) is 17.8. The lowest BCUT2D eigenvalue weighted by Gasteiger charge is -2.27. The molecule has 9 rings (SSSR count). The molecule has 0 aliphatic rings. The van der Waals surface area contributed by atoms with Crippen LogP contribution in [0, 0.1) is 0 Å². The minimum Gasteiger partial charge on any atom is -0.309 e. The van der Waals surface area contributed by atoms with Crippen molar-refractivity contribution < 1.29 is 0 Å². The number of hydrogen-bond acceptors (Lipinski definition) is 4. The number of rotatable bonds is 9. The molecule has 0 radical (unpaired) electrons. The Labute approximate surface area is 318 Å². The molecule has 2 nitrogen and oxygen atoms in total. The highest BCUT2D eigenvalue weighted by Gasteiger charge is 2.20. The highest BCUT2D eigenvalue weighted by Crippen LogP contribution is 2.46. The van der Waals surface area contributed by atoms with Crippen molar-refractivity contribution >= 4 is 99.2 Å². The molecular weight excluding hydrogens is 681 g/mol. The molecule has 0 aliphatic heterocycles. The Hall–Kier alpha value is -6.20. The molecule has 0 bridgehead atoms. The molecule has 0 spiro atoms. The molecule has 2 heterocycles. The maximum Gasteiger partial charge on any atom is 0.0640 e. The summed E-state index contributed by atoms with van der Waals surface area (Å²) in [5.41, 5.74) is 10.4. The summed E-state index contributed by atoms with van der Waals surface area (Å²) in [7, 11) is 0. The predicted molar refractivity (Wildman–Crippen MR) is 234 cm³/mol. The van der Waals surface area contributed by atoms with E-state index in [2.05, 4.69) is 205 Å². The minimum atomic E-state index is 1.11. The summed E-state index contributed by atoms with van der Waals surface area (Å²) in [5, 5.41) is 3.84. The van der Waals surface area contributed by atoms with Gasteiger partial charge in [0.2, 0.25) is 0 Å². The lowest BCUT2D eigenvalue weighted by molar-refractivity contribution is 1.30. The van der Waals surface area contributed by atoms with Crippen LogP contribution in [0.25, 0.3) is 53.5 Å². The average molecular weight is 717 g/mol. The van der Waals surface area contributed by atoms with Gasteiger partial charge in [-0.2, -0.15) is 0 Å². The van der Waals surface area contributed by atoms with Crippen molar-refractivity contribution in [2.45, 2.75) is 6.92 Å². The van der Waals surface area contributed by atoms with E-state index < -0.39 is 0 Å². The number of hydrogen-bond donors (Lipinski definition) is 0. The molecule has 0 N–H and O–H groups in total. The van der Waals surface area contributed by atoms with Crippen molar-refractivity contribution in [2.75, 3.05) is 9.80 Å². The second kappa shape index (κ2) is 14.1. The maximum absolute atomic E-state index is 4.12. The molecule has 0 saturated carbocycles. The van der Waals surface area contributed by atoms with Crippen LogP contribution < -0.4 is 9.80 Å². The minimum absolute atomic E-state index is 1.11. The van der Waals surface area contributed by atoms with E-state index in [0.29, 0.717) is 0 Å². The van der Waals surface area contributed by atoms with Crippen LogP contribution in [0.3, 0.4) is 0 Å². The van der Waals surface area contributed by atoms with Crippen LogP contribution in [0.15, 0.2) is 183 Å². The summed E-state index contributed by atoms with van der Waals surface area (Å²) in [6, 6.07) is 61.2. The van der Waals surface area contributed by atoms with Crippen LogP contribution in [-0.2, 0) is 0 Å². The summed E-state index contributed by atoms with van der Waals surface area (Å²) in [4.78, 5) is 5.93. The molecule has 0 amide bonds. The third-order valence-electron chi connectivity index (χ3n) is 9.76. The molecule has 0 aliphatic carbocycles. The molecule has 2 aromatic heterocycles. The fraction of sp³-hybridized carbons (Fsp3) is 0.0204. The topological polar surface area (TPSA) is 6.48 Å². The van der Waals surface area contributed by atoms with Gasteiger partial charge in [0, 0.05) is 54.0 Å². The van der Waals surface area contributed by atoms with E-state index in [-0.39, 0.29) is 0 Å². The zero-order valence-corrected chi connectivity index (χ0v) is 30.9. The first kappa shape index (κ1) is 32.7. The fourth-order valence-corrected chi connectivity index (χ4v) is 9.68. The van der Waals surface area contributed by atoms with E-state index in [4.69, 9.17) is 0 Å². The van der Waals surface area contributed by atoms with E-state index in [1.165, 1.54) is 57.5 Å². The van der Waals surface area contributed by atoms with Gasteiger partial charge in [-0.1, -0.05) is 128 Å². The number of thiophene rings is 2. The molecule has 53 heavy (non-hydrogen) atoms. The van der Waals surface area contributed by atoms with Crippen molar-refractivity contribution in [2.24, 2.45) is 0 Å². The summed E-state index contributed by atoms with van der Waals surface area (Å²) >= 11 is 3.65. The van der Waals surface area contributed by atoms with Crippen LogP contribution in [0.4, 0.5) is 34.1 Å². The fourth-order valence-electron chi connectivity index (χ4n) is 7.33. The Kier molecular flexibility index (Phi) is 8.68. The number of benzene rings is 7. The van der Waals surface area contributed by atoms with E-state index >= 15 is 0 Å². The normalized spacial score (nSPS) is 11.5. The zero-order valence-electron chi connectivity index (χ0n) is 29.3. The van der Waals surface area contributed by atoms with Crippen molar-refractivity contribution in [3.05, 3.63) is 193 Å². The van der Waals surface area contributed by atoms with Crippen molar-refractivity contribution in [1.29, 1.82) is 0 Å². The molecule has 7 aromatic carbocycles. The maximum atomic E-state index is 4.12. The Morgan fingerprint density at radius 3 is 1.47 bits per heavy atom.